The summed E-state index contributed by atoms with van der Waals surface area (Å²) in [6.45, 7) is 7.67. The van der Waals surface area contributed by atoms with Gasteiger partial charge in [-0.2, -0.15) is 17.0 Å². The summed E-state index contributed by atoms with van der Waals surface area (Å²) in [4.78, 5) is 0. The van der Waals surface area contributed by atoms with Gasteiger partial charge in [0.25, 0.3) is 10.2 Å². The van der Waals surface area contributed by atoms with Crippen LogP contribution >= 0.6 is 0 Å². The molecule has 1 fully saturated rings. The molecule has 0 amide bonds. The molecule has 1 aliphatic rings. The fourth-order valence-electron chi connectivity index (χ4n) is 2.29. The van der Waals surface area contributed by atoms with E-state index in [1.54, 1.807) is 14.1 Å². The molecule has 6 heteroatoms. The Hall–Kier alpha value is -0.170. The molecular formula is C14H31N3O2S. The summed E-state index contributed by atoms with van der Waals surface area (Å²) in [5.74, 6) is 0.496. The summed E-state index contributed by atoms with van der Waals surface area (Å²) < 4.78 is 27.8. The average Bonchev–Trinajstić information content (AvgIpc) is 3.16. The van der Waals surface area contributed by atoms with Crippen LogP contribution in [0.1, 0.15) is 46.5 Å². The van der Waals surface area contributed by atoms with E-state index in [2.05, 4.69) is 19.2 Å². The van der Waals surface area contributed by atoms with Crippen molar-refractivity contribution in [2.75, 3.05) is 27.2 Å². The molecular weight excluding hydrogens is 274 g/mol. The lowest BCUT2D eigenvalue weighted by molar-refractivity contribution is 0.310. The van der Waals surface area contributed by atoms with E-state index in [-0.39, 0.29) is 6.04 Å². The molecule has 0 radical (unpaired) electrons. The van der Waals surface area contributed by atoms with Crippen molar-refractivity contribution in [1.29, 1.82) is 0 Å². The molecule has 1 aliphatic carbocycles. The SMILES string of the molecule is CC(C)CC(C)N(C)S(=O)(=O)N(C)CCCNC1CC1. The molecule has 0 aromatic carbocycles. The summed E-state index contributed by atoms with van der Waals surface area (Å²) in [6, 6.07) is 0.720. The van der Waals surface area contributed by atoms with E-state index < -0.39 is 10.2 Å². The van der Waals surface area contributed by atoms with Gasteiger partial charge in [0.2, 0.25) is 0 Å². The van der Waals surface area contributed by atoms with Gasteiger partial charge in [0.1, 0.15) is 0 Å². The van der Waals surface area contributed by atoms with Crippen LogP contribution in [0.3, 0.4) is 0 Å². The van der Waals surface area contributed by atoms with Gasteiger partial charge in [0.15, 0.2) is 0 Å². The molecule has 0 aromatic heterocycles. The summed E-state index contributed by atoms with van der Waals surface area (Å²) >= 11 is 0. The second-order valence-electron chi connectivity index (χ2n) is 6.41. The largest absolute Gasteiger partial charge is 0.314 e. The highest BCUT2D eigenvalue weighted by molar-refractivity contribution is 7.86. The summed E-state index contributed by atoms with van der Waals surface area (Å²) in [6.07, 6.45) is 4.28. The number of rotatable bonds is 10. The Labute approximate surface area is 124 Å². The molecule has 0 bridgehead atoms. The zero-order valence-electron chi connectivity index (χ0n) is 13.6. The number of nitrogens with zero attached hydrogens (tertiary/aromatic N) is 2. The van der Waals surface area contributed by atoms with E-state index in [4.69, 9.17) is 0 Å². The van der Waals surface area contributed by atoms with E-state index in [1.807, 2.05) is 6.92 Å². The zero-order valence-corrected chi connectivity index (χ0v) is 14.4. The molecule has 0 spiro atoms. The van der Waals surface area contributed by atoms with Gasteiger partial charge in [-0.3, -0.25) is 0 Å². The Bertz CT molecular complexity index is 380. The minimum absolute atomic E-state index is 0.0343. The van der Waals surface area contributed by atoms with Gasteiger partial charge in [-0.05, 0) is 45.1 Å². The van der Waals surface area contributed by atoms with Crippen LogP contribution in [0.2, 0.25) is 0 Å². The van der Waals surface area contributed by atoms with Crippen LogP contribution in [0, 0.1) is 5.92 Å². The third kappa shape index (κ3) is 5.68. The maximum atomic E-state index is 12.4. The highest BCUT2D eigenvalue weighted by Gasteiger charge is 2.27. The van der Waals surface area contributed by atoms with Crippen molar-refractivity contribution in [2.24, 2.45) is 5.92 Å². The van der Waals surface area contributed by atoms with Crippen molar-refractivity contribution in [3.8, 4) is 0 Å². The van der Waals surface area contributed by atoms with Gasteiger partial charge in [-0.25, -0.2) is 0 Å². The molecule has 1 rings (SSSR count). The monoisotopic (exact) mass is 305 g/mol. The number of hydrogen-bond donors (Lipinski definition) is 1. The lowest BCUT2D eigenvalue weighted by atomic mass is 10.1. The van der Waals surface area contributed by atoms with Crippen LogP contribution in [0.5, 0.6) is 0 Å². The summed E-state index contributed by atoms with van der Waals surface area (Å²) in [7, 11) is 0.0235. The van der Waals surface area contributed by atoms with Crippen LogP contribution in [-0.2, 0) is 10.2 Å². The van der Waals surface area contributed by atoms with Gasteiger partial charge in [0.05, 0.1) is 0 Å². The molecule has 0 saturated heterocycles. The lowest BCUT2D eigenvalue weighted by Crippen LogP contribution is -2.45. The predicted molar refractivity (Wildman–Crippen MR) is 83.9 cm³/mol. The van der Waals surface area contributed by atoms with Crippen molar-refractivity contribution < 1.29 is 8.42 Å². The van der Waals surface area contributed by atoms with Crippen LogP contribution in [0.15, 0.2) is 0 Å². The van der Waals surface area contributed by atoms with E-state index >= 15 is 0 Å². The molecule has 0 aromatic rings. The Morgan fingerprint density at radius 1 is 1.20 bits per heavy atom. The predicted octanol–water partition coefficient (Wildman–Crippen LogP) is 1.67. The van der Waals surface area contributed by atoms with Crippen molar-refractivity contribution >= 4 is 10.2 Å². The zero-order chi connectivity index (χ0) is 15.3. The van der Waals surface area contributed by atoms with Crippen LogP contribution in [0.25, 0.3) is 0 Å². The minimum atomic E-state index is -3.33. The first-order chi connectivity index (χ1) is 9.25. The van der Waals surface area contributed by atoms with Gasteiger partial charge in [0, 0.05) is 32.7 Å². The lowest BCUT2D eigenvalue weighted by Gasteiger charge is -2.29. The van der Waals surface area contributed by atoms with Crippen LogP contribution in [-0.4, -0.2) is 56.3 Å². The van der Waals surface area contributed by atoms with Crippen molar-refractivity contribution in [2.45, 2.75) is 58.5 Å². The fraction of sp³-hybridized carbons (Fsp3) is 1.00. The van der Waals surface area contributed by atoms with Gasteiger partial charge in [-0.1, -0.05) is 13.8 Å². The second kappa shape index (κ2) is 7.73. The first kappa shape index (κ1) is 17.9. The topological polar surface area (TPSA) is 52.7 Å². The Balaban J connectivity index is 2.39. The van der Waals surface area contributed by atoms with Gasteiger partial charge < -0.3 is 5.32 Å². The Morgan fingerprint density at radius 3 is 2.30 bits per heavy atom. The second-order valence-corrected chi connectivity index (χ2v) is 8.50. The third-order valence-electron chi connectivity index (χ3n) is 3.85. The van der Waals surface area contributed by atoms with E-state index in [1.165, 1.54) is 21.5 Å². The first-order valence-electron chi connectivity index (χ1n) is 7.67. The van der Waals surface area contributed by atoms with Gasteiger partial charge >= 0.3 is 0 Å². The smallest absolute Gasteiger partial charge is 0.281 e. The molecule has 20 heavy (non-hydrogen) atoms. The van der Waals surface area contributed by atoms with Crippen LogP contribution in [0.4, 0.5) is 0 Å². The van der Waals surface area contributed by atoms with E-state index in [0.29, 0.717) is 18.5 Å². The van der Waals surface area contributed by atoms with Gasteiger partial charge in [-0.15, -0.1) is 0 Å². The van der Waals surface area contributed by atoms with Crippen LogP contribution < -0.4 is 5.32 Å². The molecule has 1 N–H and O–H groups in total. The highest BCUT2D eigenvalue weighted by atomic mass is 32.2. The standard InChI is InChI=1S/C14H31N3O2S/c1-12(2)11-13(3)17(5)20(18,19)16(4)10-6-9-15-14-7-8-14/h12-15H,6-11H2,1-5H3. The number of nitrogens with one attached hydrogen (secondary N) is 1. The third-order valence-corrected chi connectivity index (χ3v) is 5.91. The first-order valence-corrected chi connectivity index (χ1v) is 9.07. The fourth-order valence-corrected chi connectivity index (χ4v) is 3.63. The highest BCUT2D eigenvalue weighted by Crippen LogP contribution is 2.18. The quantitative estimate of drug-likeness (QED) is 0.625. The molecule has 1 saturated carbocycles. The number of hydrogen-bond acceptors (Lipinski definition) is 3. The molecule has 1 unspecified atom stereocenters. The van der Waals surface area contributed by atoms with E-state index in [0.717, 1.165) is 19.4 Å². The summed E-state index contributed by atoms with van der Waals surface area (Å²) in [5.41, 5.74) is 0. The van der Waals surface area contributed by atoms with Crippen molar-refractivity contribution in [3.05, 3.63) is 0 Å². The van der Waals surface area contributed by atoms with Crippen molar-refractivity contribution in [3.63, 3.8) is 0 Å². The Morgan fingerprint density at radius 2 is 1.80 bits per heavy atom. The minimum Gasteiger partial charge on any atom is -0.314 e. The maximum Gasteiger partial charge on any atom is 0.281 e. The molecule has 0 aliphatic heterocycles. The molecule has 120 valence electrons. The molecule has 0 heterocycles. The average molecular weight is 305 g/mol. The molecule has 1 atom stereocenters. The maximum absolute atomic E-state index is 12.4. The van der Waals surface area contributed by atoms with E-state index in [9.17, 15) is 8.42 Å². The Kier molecular flexibility index (Phi) is 6.91. The van der Waals surface area contributed by atoms with Crippen molar-refractivity contribution in [1.82, 2.24) is 13.9 Å². The molecule has 5 nitrogen and oxygen atoms in total. The summed E-state index contributed by atoms with van der Waals surface area (Å²) in [5, 5.41) is 3.41. The normalized spacial score (nSPS) is 18.2.